The van der Waals surface area contributed by atoms with Crippen molar-refractivity contribution >= 4 is 11.9 Å². The minimum atomic E-state index is -0.367. The minimum absolute atomic E-state index is 0.200. The lowest BCUT2D eigenvalue weighted by molar-refractivity contribution is -0.145. The first kappa shape index (κ1) is 17.2. The summed E-state index contributed by atoms with van der Waals surface area (Å²) in [4.78, 5) is 27.6. The molecule has 1 heterocycles. The van der Waals surface area contributed by atoms with E-state index in [4.69, 9.17) is 9.15 Å². The molecule has 0 bridgehead atoms. The van der Waals surface area contributed by atoms with E-state index < -0.39 is 0 Å². The van der Waals surface area contributed by atoms with E-state index in [9.17, 15) is 9.59 Å². The molecule has 1 rings (SSSR count). The van der Waals surface area contributed by atoms with Crippen LogP contribution in [-0.2, 0) is 9.53 Å². The van der Waals surface area contributed by atoms with Gasteiger partial charge in [0.25, 0.3) is 5.91 Å². The molecule has 1 aromatic heterocycles. The minimum Gasteiger partial charge on any atom is -0.469 e. The Morgan fingerprint density at radius 2 is 2.05 bits per heavy atom. The quantitative estimate of drug-likeness (QED) is 0.680. The molecule has 6 heteroatoms. The van der Waals surface area contributed by atoms with Crippen LogP contribution in [0.2, 0.25) is 0 Å². The second kappa shape index (κ2) is 8.46. The molecule has 0 aliphatic heterocycles. The molecule has 6 nitrogen and oxygen atoms in total. The highest BCUT2D eigenvalue weighted by atomic mass is 16.5. The van der Waals surface area contributed by atoms with Gasteiger partial charge in [-0.3, -0.25) is 9.59 Å². The zero-order valence-electron chi connectivity index (χ0n) is 13.2. The normalized spacial score (nSPS) is 12.2. The van der Waals surface area contributed by atoms with Crippen LogP contribution in [0, 0.1) is 5.92 Å². The predicted octanol–water partition coefficient (Wildman–Crippen LogP) is 1.48. The number of carbonyl (C=O) groups excluding carboxylic acids is 2. The molecule has 1 unspecified atom stereocenters. The van der Waals surface area contributed by atoms with Crippen LogP contribution in [-0.4, -0.2) is 62.5 Å². The van der Waals surface area contributed by atoms with Crippen molar-refractivity contribution in [2.24, 2.45) is 5.92 Å². The predicted molar refractivity (Wildman–Crippen MR) is 79.0 cm³/mol. The van der Waals surface area contributed by atoms with E-state index in [1.54, 1.807) is 24.0 Å². The molecule has 0 spiro atoms. The summed E-state index contributed by atoms with van der Waals surface area (Å²) in [6.07, 6.45) is 2.29. The lowest BCUT2D eigenvalue weighted by Crippen LogP contribution is -2.38. The van der Waals surface area contributed by atoms with Crippen LogP contribution in [0.15, 0.2) is 22.8 Å². The highest BCUT2D eigenvalue weighted by Gasteiger charge is 2.23. The van der Waals surface area contributed by atoms with Crippen molar-refractivity contribution in [2.75, 3.05) is 40.8 Å². The molecule has 0 fully saturated rings. The summed E-state index contributed by atoms with van der Waals surface area (Å²) in [5, 5.41) is 0. The van der Waals surface area contributed by atoms with Crippen LogP contribution < -0.4 is 0 Å². The van der Waals surface area contributed by atoms with Gasteiger partial charge < -0.3 is 19.0 Å². The van der Waals surface area contributed by atoms with Crippen LogP contribution in [0.5, 0.6) is 0 Å². The first-order valence-corrected chi connectivity index (χ1v) is 7.01. The molecule has 0 aromatic carbocycles. The third-order valence-corrected chi connectivity index (χ3v) is 3.15. The molecule has 0 radical (unpaired) electrons. The molecule has 1 atom stereocenters. The molecule has 0 aliphatic rings. The number of amides is 1. The molecule has 1 amide bonds. The van der Waals surface area contributed by atoms with Gasteiger partial charge in [-0.05, 0) is 39.2 Å². The summed E-state index contributed by atoms with van der Waals surface area (Å²) in [6.45, 7) is 3.51. The van der Waals surface area contributed by atoms with E-state index in [0.29, 0.717) is 13.1 Å². The number of hydrogen-bond donors (Lipinski definition) is 0. The van der Waals surface area contributed by atoms with Gasteiger partial charge in [-0.25, -0.2) is 0 Å². The second-order valence-corrected chi connectivity index (χ2v) is 5.31. The zero-order chi connectivity index (χ0) is 15.8. The Bertz CT molecular complexity index is 443. The van der Waals surface area contributed by atoms with E-state index >= 15 is 0 Å². The lowest BCUT2D eigenvalue weighted by atomic mass is 10.1. The largest absolute Gasteiger partial charge is 0.469 e. The van der Waals surface area contributed by atoms with E-state index in [2.05, 4.69) is 4.90 Å². The molecule has 0 saturated heterocycles. The number of furan rings is 1. The number of methoxy groups -OCH3 is 1. The molecule has 21 heavy (non-hydrogen) atoms. The summed E-state index contributed by atoms with van der Waals surface area (Å²) >= 11 is 0. The van der Waals surface area contributed by atoms with E-state index in [1.807, 2.05) is 14.1 Å². The Morgan fingerprint density at radius 3 is 2.57 bits per heavy atom. The topological polar surface area (TPSA) is 63.0 Å². The first-order chi connectivity index (χ1) is 9.95. The number of esters is 1. The third kappa shape index (κ3) is 5.59. The fourth-order valence-corrected chi connectivity index (χ4v) is 2.02. The van der Waals surface area contributed by atoms with Crippen LogP contribution in [0.4, 0.5) is 0 Å². The van der Waals surface area contributed by atoms with E-state index in [1.165, 1.54) is 13.4 Å². The average molecular weight is 296 g/mol. The second-order valence-electron chi connectivity index (χ2n) is 5.31. The van der Waals surface area contributed by atoms with Crippen LogP contribution in [0.3, 0.4) is 0 Å². The maximum atomic E-state index is 12.4. The molecular weight excluding hydrogens is 272 g/mol. The van der Waals surface area contributed by atoms with Crippen LogP contribution >= 0.6 is 0 Å². The third-order valence-electron chi connectivity index (χ3n) is 3.15. The van der Waals surface area contributed by atoms with Gasteiger partial charge >= 0.3 is 5.97 Å². The fourth-order valence-electron chi connectivity index (χ4n) is 2.02. The summed E-state index contributed by atoms with van der Waals surface area (Å²) < 4.78 is 9.87. The summed E-state index contributed by atoms with van der Waals surface area (Å²) in [5.74, 6) is -0.598. The van der Waals surface area contributed by atoms with E-state index in [0.717, 1.165) is 13.0 Å². The van der Waals surface area contributed by atoms with Gasteiger partial charge in [0.1, 0.15) is 0 Å². The van der Waals surface area contributed by atoms with Gasteiger partial charge in [0.15, 0.2) is 5.76 Å². The Labute approximate surface area is 125 Å². The highest BCUT2D eigenvalue weighted by Crippen LogP contribution is 2.10. The first-order valence-electron chi connectivity index (χ1n) is 7.01. The molecule has 0 saturated carbocycles. The number of nitrogens with zero attached hydrogens (tertiary/aromatic N) is 2. The molecule has 0 N–H and O–H groups in total. The molecule has 118 valence electrons. The Morgan fingerprint density at radius 1 is 1.33 bits per heavy atom. The molecular formula is C15H24N2O4. The maximum Gasteiger partial charge on any atom is 0.310 e. The van der Waals surface area contributed by atoms with E-state index in [-0.39, 0.29) is 23.6 Å². The summed E-state index contributed by atoms with van der Waals surface area (Å²) in [5.41, 5.74) is 0. The number of ether oxygens (including phenoxy) is 1. The average Bonchev–Trinajstić information content (AvgIpc) is 2.98. The monoisotopic (exact) mass is 296 g/mol. The standard InChI is InChI=1S/C15H24N2O4/c1-12(15(19)20-4)11-17(9-6-8-16(2)3)14(18)13-7-5-10-21-13/h5,7,10,12H,6,8-9,11H2,1-4H3. The number of rotatable bonds is 8. The van der Waals surface area contributed by atoms with Crippen molar-refractivity contribution in [3.05, 3.63) is 24.2 Å². The number of carbonyl (C=O) groups is 2. The highest BCUT2D eigenvalue weighted by molar-refractivity contribution is 5.91. The summed E-state index contributed by atoms with van der Waals surface area (Å²) in [7, 11) is 5.31. The van der Waals surface area contributed by atoms with Gasteiger partial charge in [0, 0.05) is 13.1 Å². The van der Waals surface area contributed by atoms with Crippen molar-refractivity contribution in [3.63, 3.8) is 0 Å². The maximum absolute atomic E-state index is 12.4. The van der Waals surface area contributed by atoms with Gasteiger partial charge in [-0.15, -0.1) is 0 Å². The number of hydrogen-bond acceptors (Lipinski definition) is 5. The Kier molecular flexibility index (Phi) is 6.94. The van der Waals surface area contributed by atoms with Crippen molar-refractivity contribution < 1.29 is 18.7 Å². The fraction of sp³-hybridized carbons (Fsp3) is 0.600. The van der Waals surface area contributed by atoms with Crippen molar-refractivity contribution in [3.8, 4) is 0 Å². The van der Waals surface area contributed by atoms with Gasteiger partial charge in [0.2, 0.25) is 0 Å². The van der Waals surface area contributed by atoms with Crippen molar-refractivity contribution in [1.29, 1.82) is 0 Å². The zero-order valence-corrected chi connectivity index (χ0v) is 13.2. The van der Waals surface area contributed by atoms with Crippen molar-refractivity contribution in [1.82, 2.24) is 9.80 Å². The lowest BCUT2D eigenvalue weighted by Gasteiger charge is -2.24. The molecule has 1 aromatic rings. The molecule has 0 aliphatic carbocycles. The Hall–Kier alpha value is -1.82. The van der Waals surface area contributed by atoms with Gasteiger partial charge in [-0.1, -0.05) is 6.92 Å². The smallest absolute Gasteiger partial charge is 0.310 e. The van der Waals surface area contributed by atoms with Crippen molar-refractivity contribution in [2.45, 2.75) is 13.3 Å². The SMILES string of the molecule is COC(=O)C(C)CN(CCCN(C)C)C(=O)c1ccco1. The van der Waals surface area contributed by atoms with Crippen LogP contribution in [0.1, 0.15) is 23.9 Å². The van der Waals surface area contributed by atoms with Gasteiger partial charge in [-0.2, -0.15) is 0 Å². The van der Waals surface area contributed by atoms with Gasteiger partial charge in [0.05, 0.1) is 19.3 Å². The Balaban J connectivity index is 2.69. The van der Waals surface area contributed by atoms with Crippen LogP contribution in [0.25, 0.3) is 0 Å². The summed E-state index contributed by atoms with van der Waals surface area (Å²) in [6, 6.07) is 3.30.